The predicted octanol–water partition coefficient (Wildman–Crippen LogP) is 6.48. The molecule has 190 valence electrons. The van der Waals surface area contributed by atoms with Crippen LogP contribution in [0, 0.1) is 10.1 Å². The Bertz CT molecular complexity index is 1490. The first kappa shape index (κ1) is 24.8. The molecule has 1 N–H and O–H groups in total. The molecule has 37 heavy (non-hydrogen) atoms. The number of amides is 2. The molecule has 2 aromatic carbocycles. The molecule has 0 radical (unpaired) electrons. The number of para-hydroxylation sites is 1. The number of nitro benzene ring substituents is 1. The quantitative estimate of drug-likeness (QED) is 0.236. The Morgan fingerprint density at radius 1 is 1.11 bits per heavy atom. The van der Waals surface area contributed by atoms with Crippen LogP contribution in [0.3, 0.4) is 0 Å². The molecule has 0 bridgehead atoms. The van der Waals surface area contributed by atoms with Gasteiger partial charge in [0.05, 0.1) is 21.7 Å². The molecule has 5 rings (SSSR count). The van der Waals surface area contributed by atoms with Crippen molar-refractivity contribution in [1.82, 2.24) is 9.88 Å². The Labute approximate surface area is 220 Å². The lowest BCUT2D eigenvalue weighted by molar-refractivity contribution is -0.384. The second-order valence-corrected chi connectivity index (χ2v) is 11.7. The summed E-state index contributed by atoms with van der Waals surface area (Å²) >= 11 is 2.96. The van der Waals surface area contributed by atoms with Gasteiger partial charge in [-0.3, -0.25) is 14.9 Å². The average Bonchev–Trinajstić information content (AvgIpc) is 3.43. The number of non-ortho nitro benzene ring substituents is 1. The summed E-state index contributed by atoms with van der Waals surface area (Å²) in [5.41, 5.74) is 2.43. The van der Waals surface area contributed by atoms with Crippen LogP contribution in [0.5, 0.6) is 0 Å². The van der Waals surface area contributed by atoms with E-state index in [-0.39, 0.29) is 17.7 Å². The number of thiophene rings is 1. The monoisotopic (exact) mass is 536 g/mol. The number of rotatable bonds is 4. The standard InChI is InChI=1S/C26H24N4O5S2/c1-26(2,3)35-25(32)29-13-12-17-20(14-29)37-24(21(17)23-27-18-6-4-5-7-19(18)36-23)28-22(31)15-8-10-16(11-9-15)30(33)34/h4-11H,12-14H2,1-3H3,(H,28,31). The third-order valence-corrected chi connectivity index (χ3v) is 7.97. The second kappa shape index (κ2) is 9.56. The van der Waals surface area contributed by atoms with Crippen molar-refractivity contribution in [3.63, 3.8) is 0 Å². The van der Waals surface area contributed by atoms with E-state index in [1.807, 2.05) is 45.0 Å². The highest BCUT2D eigenvalue weighted by molar-refractivity contribution is 7.23. The van der Waals surface area contributed by atoms with Gasteiger partial charge in [-0.1, -0.05) is 12.1 Å². The van der Waals surface area contributed by atoms with Crippen molar-refractivity contribution in [2.75, 3.05) is 11.9 Å². The lowest BCUT2D eigenvalue weighted by Crippen LogP contribution is -2.39. The van der Waals surface area contributed by atoms with Crippen molar-refractivity contribution in [2.45, 2.75) is 39.3 Å². The van der Waals surface area contributed by atoms with Gasteiger partial charge in [0, 0.05) is 34.7 Å². The summed E-state index contributed by atoms with van der Waals surface area (Å²) in [7, 11) is 0. The van der Waals surface area contributed by atoms with Gasteiger partial charge >= 0.3 is 6.09 Å². The first-order chi connectivity index (χ1) is 17.6. The largest absolute Gasteiger partial charge is 0.444 e. The van der Waals surface area contributed by atoms with Gasteiger partial charge in [-0.2, -0.15) is 0 Å². The topological polar surface area (TPSA) is 115 Å². The van der Waals surface area contributed by atoms with E-state index >= 15 is 0 Å². The number of nitrogens with one attached hydrogen (secondary N) is 1. The zero-order chi connectivity index (χ0) is 26.3. The molecule has 2 amide bonds. The first-order valence-electron chi connectivity index (χ1n) is 11.6. The molecule has 0 saturated carbocycles. The van der Waals surface area contributed by atoms with Crippen molar-refractivity contribution in [3.05, 3.63) is 74.6 Å². The molecule has 11 heteroatoms. The van der Waals surface area contributed by atoms with E-state index in [9.17, 15) is 19.7 Å². The summed E-state index contributed by atoms with van der Waals surface area (Å²) < 4.78 is 6.60. The number of ether oxygens (including phenoxy) is 1. The van der Waals surface area contributed by atoms with Gasteiger partial charge in [-0.05, 0) is 57.0 Å². The number of carbonyl (C=O) groups excluding carboxylic acids is 2. The smallest absolute Gasteiger partial charge is 0.410 e. The molecular formula is C26H24N4O5S2. The van der Waals surface area contributed by atoms with Crippen molar-refractivity contribution < 1.29 is 19.2 Å². The fraction of sp³-hybridized carbons (Fsp3) is 0.269. The van der Waals surface area contributed by atoms with E-state index in [2.05, 4.69) is 5.32 Å². The van der Waals surface area contributed by atoms with E-state index in [1.54, 1.807) is 16.2 Å². The highest BCUT2D eigenvalue weighted by Crippen LogP contribution is 2.46. The summed E-state index contributed by atoms with van der Waals surface area (Å²) in [6.07, 6.45) is 0.230. The minimum absolute atomic E-state index is 0.0828. The third kappa shape index (κ3) is 5.18. The number of aromatic nitrogens is 1. The first-order valence-corrected chi connectivity index (χ1v) is 13.3. The van der Waals surface area contributed by atoms with Gasteiger partial charge in [0.25, 0.3) is 11.6 Å². The number of anilines is 1. The molecule has 2 aromatic heterocycles. The molecule has 0 fully saturated rings. The molecule has 1 aliphatic heterocycles. The van der Waals surface area contributed by atoms with E-state index in [0.29, 0.717) is 30.1 Å². The average molecular weight is 537 g/mol. The van der Waals surface area contributed by atoms with Crippen LogP contribution in [-0.4, -0.2) is 39.0 Å². The summed E-state index contributed by atoms with van der Waals surface area (Å²) in [4.78, 5) is 43.8. The lowest BCUT2D eigenvalue weighted by atomic mass is 10.0. The second-order valence-electron chi connectivity index (χ2n) is 9.60. The number of thiazole rings is 1. The van der Waals surface area contributed by atoms with Gasteiger partial charge in [0.2, 0.25) is 0 Å². The molecule has 0 aliphatic carbocycles. The molecule has 1 aliphatic rings. The molecule has 0 spiro atoms. The van der Waals surface area contributed by atoms with Gasteiger partial charge in [0.1, 0.15) is 15.6 Å². The minimum atomic E-state index is -0.594. The van der Waals surface area contributed by atoms with Crippen LogP contribution in [0.15, 0.2) is 48.5 Å². The molecule has 0 atom stereocenters. The molecule has 4 aromatic rings. The van der Waals surface area contributed by atoms with Crippen LogP contribution in [0.2, 0.25) is 0 Å². The fourth-order valence-corrected chi connectivity index (χ4v) is 6.46. The number of hydrogen-bond donors (Lipinski definition) is 1. The maximum atomic E-state index is 13.1. The summed E-state index contributed by atoms with van der Waals surface area (Å²) in [6.45, 7) is 6.37. The molecule has 9 nitrogen and oxygen atoms in total. The van der Waals surface area contributed by atoms with E-state index in [0.717, 1.165) is 31.2 Å². The van der Waals surface area contributed by atoms with Crippen molar-refractivity contribution >= 4 is 55.6 Å². The van der Waals surface area contributed by atoms with Crippen molar-refractivity contribution in [1.29, 1.82) is 0 Å². The Kier molecular flexibility index (Phi) is 6.42. The Hall–Kier alpha value is -3.83. The maximum Gasteiger partial charge on any atom is 0.410 e. The van der Waals surface area contributed by atoms with E-state index in [1.165, 1.54) is 35.6 Å². The molecule has 3 heterocycles. The number of carbonyl (C=O) groups is 2. The highest BCUT2D eigenvalue weighted by atomic mass is 32.1. The fourth-order valence-electron chi connectivity index (χ4n) is 4.09. The number of nitrogens with zero attached hydrogens (tertiary/aromatic N) is 3. The van der Waals surface area contributed by atoms with Crippen LogP contribution in [0.25, 0.3) is 20.8 Å². The van der Waals surface area contributed by atoms with Gasteiger partial charge < -0.3 is 15.0 Å². The summed E-state index contributed by atoms with van der Waals surface area (Å²) in [5.74, 6) is -0.375. The molecular weight excluding hydrogens is 512 g/mol. The SMILES string of the molecule is CC(C)(C)OC(=O)N1CCc2c(sc(NC(=O)c3ccc([N+](=O)[O-])cc3)c2-c2nc3ccccc3s2)C1. The Morgan fingerprint density at radius 3 is 2.51 bits per heavy atom. The summed E-state index contributed by atoms with van der Waals surface area (Å²) in [6, 6.07) is 13.3. The zero-order valence-corrected chi connectivity index (χ0v) is 22.1. The maximum absolute atomic E-state index is 13.1. The number of nitro groups is 1. The summed E-state index contributed by atoms with van der Waals surface area (Å²) in [5, 5.41) is 15.4. The van der Waals surface area contributed by atoms with Gasteiger partial charge in [0.15, 0.2) is 0 Å². The van der Waals surface area contributed by atoms with Gasteiger partial charge in [-0.15, -0.1) is 22.7 Å². The third-order valence-electron chi connectivity index (χ3n) is 5.78. The normalized spacial score (nSPS) is 13.3. The van der Waals surface area contributed by atoms with Crippen molar-refractivity contribution in [2.24, 2.45) is 0 Å². The van der Waals surface area contributed by atoms with Crippen LogP contribution >= 0.6 is 22.7 Å². The molecule has 0 saturated heterocycles. The Balaban J connectivity index is 1.50. The van der Waals surface area contributed by atoms with Crippen LogP contribution in [0.1, 0.15) is 41.6 Å². The predicted molar refractivity (Wildman–Crippen MR) is 144 cm³/mol. The zero-order valence-electron chi connectivity index (χ0n) is 20.4. The number of hydrogen-bond acceptors (Lipinski definition) is 8. The van der Waals surface area contributed by atoms with Crippen LogP contribution in [0.4, 0.5) is 15.5 Å². The number of fused-ring (bicyclic) bond motifs is 2. The number of benzene rings is 2. The van der Waals surface area contributed by atoms with E-state index in [4.69, 9.17) is 9.72 Å². The van der Waals surface area contributed by atoms with Crippen LogP contribution in [-0.2, 0) is 17.7 Å². The van der Waals surface area contributed by atoms with Gasteiger partial charge in [-0.25, -0.2) is 9.78 Å². The van der Waals surface area contributed by atoms with Crippen LogP contribution < -0.4 is 5.32 Å². The minimum Gasteiger partial charge on any atom is -0.444 e. The van der Waals surface area contributed by atoms with Crippen molar-refractivity contribution in [3.8, 4) is 10.6 Å². The Morgan fingerprint density at radius 2 is 1.84 bits per heavy atom. The molecule has 0 unspecified atom stereocenters. The lowest BCUT2D eigenvalue weighted by Gasteiger charge is -2.30. The van der Waals surface area contributed by atoms with E-state index < -0.39 is 10.5 Å². The highest BCUT2D eigenvalue weighted by Gasteiger charge is 2.31.